The van der Waals surface area contributed by atoms with Gasteiger partial charge in [-0.2, -0.15) is 0 Å². The van der Waals surface area contributed by atoms with Gasteiger partial charge in [-0.05, 0) is 23.8 Å². The lowest BCUT2D eigenvalue weighted by atomic mass is 10.0. The average Bonchev–Trinajstić information content (AvgIpc) is 2.18. The molecular formula is C13H16N2. The van der Waals surface area contributed by atoms with Crippen LogP contribution in [-0.4, -0.2) is 0 Å². The molecule has 2 rings (SSSR count). The molecule has 2 aromatic carbocycles. The summed E-state index contributed by atoms with van der Waals surface area (Å²) < 4.78 is 0. The first-order valence-electron chi connectivity index (χ1n) is 4.48. The Labute approximate surface area is 90.5 Å². The highest BCUT2D eigenvalue weighted by atomic mass is 14.6. The van der Waals surface area contributed by atoms with Crippen molar-refractivity contribution in [2.75, 3.05) is 11.5 Å². The number of benzene rings is 2. The summed E-state index contributed by atoms with van der Waals surface area (Å²) in [6.07, 6.45) is 0. The third-order valence-electron chi connectivity index (χ3n) is 2.16. The molecule has 0 saturated heterocycles. The molecule has 0 atom stereocenters. The lowest BCUT2D eigenvalue weighted by Crippen LogP contribution is -1.90. The van der Waals surface area contributed by atoms with Gasteiger partial charge >= 0.3 is 0 Å². The summed E-state index contributed by atoms with van der Waals surface area (Å²) in [7, 11) is 0. The Kier molecular flexibility index (Phi) is 3.34. The summed E-state index contributed by atoms with van der Waals surface area (Å²) in [5, 5.41) is 0. The van der Waals surface area contributed by atoms with Crippen LogP contribution in [-0.2, 0) is 0 Å². The van der Waals surface area contributed by atoms with E-state index in [0.717, 1.165) is 22.5 Å². The normalized spacial score (nSPS) is 9.33. The number of hydrogen-bond acceptors (Lipinski definition) is 2. The quantitative estimate of drug-likeness (QED) is 0.695. The summed E-state index contributed by atoms with van der Waals surface area (Å²) in [5.41, 5.74) is 15.2. The van der Waals surface area contributed by atoms with Gasteiger partial charge in [-0.3, -0.25) is 0 Å². The maximum atomic E-state index is 5.86. The lowest BCUT2D eigenvalue weighted by Gasteiger charge is -2.05. The van der Waals surface area contributed by atoms with Gasteiger partial charge in [0, 0.05) is 16.9 Å². The molecule has 15 heavy (non-hydrogen) atoms. The van der Waals surface area contributed by atoms with E-state index >= 15 is 0 Å². The van der Waals surface area contributed by atoms with Crippen LogP contribution in [0.4, 0.5) is 11.4 Å². The molecule has 0 aliphatic heterocycles. The van der Waals surface area contributed by atoms with Gasteiger partial charge in [-0.1, -0.05) is 37.8 Å². The second-order valence-corrected chi connectivity index (χ2v) is 3.21. The molecule has 0 aliphatic carbocycles. The summed E-state index contributed by atoms with van der Waals surface area (Å²) >= 11 is 0. The van der Waals surface area contributed by atoms with Gasteiger partial charge in [0.25, 0.3) is 0 Å². The molecule has 4 N–H and O–H groups in total. The van der Waals surface area contributed by atoms with Crippen LogP contribution in [0.5, 0.6) is 0 Å². The van der Waals surface area contributed by atoms with Crippen LogP contribution in [0.1, 0.15) is 7.43 Å². The number of hydrogen-bond donors (Lipinski definition) is 2. The van der Waals surface area contributed by atoms with Crippen molar-refractivity contribution < 1.29 is 0 Å². The third kappa shape index (κ3) is 2.29. The fraction of sp³-hybridized carbons (Fsp3) is 0.0769. The van der Waals surface area contributed by atoms with Crippen molar-refractivity contribution in [2.45, 2.75) is 7.43 Å². The highest BCUT2D eigenvalue weighted by Gasteiger charge is 2.00. The maximum absolute atomic E-state index is 5.86. The minimum absolute atomic E-state index is 0. The Bertz CT molecular complexity index is 450. The number of anilines is 2. The zero-order valence-electron chi connectivity index (χ0n) is 7.77. The number of para-hydroxylation sites is 1. The molecule has 0 unspecified atom stereocenters. The molecule has 2 nitrogen and oxygen atoms in total. The van der Waals surface area contributed by atoms with Crippen LogP contribution in [0.3, 0.4) is 0 Å². The Hall–Kier alpha value is -1.96. The van der Waals surface area contributed by atoms with Crippen LogP contribution in [0, 0.1) is 0 Å². The Morgan fingerprint density at radius 2 is 1.53 bits per heavy atom. The van der Waals surface area contributed by atoms with Crippen molar-refractivity contribution in [1.29, 1.82) is 0 Å². The van der Waals surface area contributed by atoms with Gasteiger partial charge in [0.15, 0.2) is 0 Å². The van der Waals surface area contributed by atoms with Crippen molar-refractivity contribution in [3.05, 3.63) is 48.5 Å². The second-order valence-electron chi connectivity index (χ2n) is 3.21. The predicted octanol–water partition coefficient (Wildman–Crippen LogP) is 3.15. The van der Waals surface area contributed by atoms with Crippen LogP contribution in [0.25, 0.3) is 11.1 Å². The molecule has 0 amide bonds. The largest absolute Gasteiger partial charge is 0.399 e. The standard InChI is InChI=1S/C12H12N2.CH4/c13-10-5-3-4-9(8-10)11-6-1-2-7-12(11)14;/h1-8H,13-14H2;1H4. The van der Waals surface area contributed by atoms with Crippen molar-refractivity contribution >= 4 is 11.4 Å². The Morgan fingerprint density at radius 3 is 2.20 bits per heavy atom. The monoisotopic (exact) mass is 200 g/mol. The summed E-state index contributed by atoms with van der Waals surface area (Å²) in [5.74, 6) is 0. The molecule has 0 saturated carbocycles. The fourth-order valence-corrected chi connectivity index (χ4v) is 1.47. The van der Waals surface area contributed by atoms with E-state index in [1.807, 2.05) is 48.5 Å². The molecule has 0 radical (unpaired) electrons. The van der Waals surface area contributed by atoms with Crippen LogP contribution < -0.4 is 11.5 Å². The first-order valence-corrected chi connectivity index (χ1v) is 4.48. The van der Waals surface area contributed by atoms with Crippen molar-refractivity contribution in [3.8, 4) is 11.1 Å². The van der Waals surface area contributed by atoms with Crippen LogP contribution in [0.2, 0.25) is 0 Å². The highest BCUT2D eigenvalue weighted by Crippen LogP contribution is 2.26. The zero-order chi connectivity index (χ0) is 9.97. The topological polar surface area (TPSA) is 52.0 Å². The van der Waals surface area contributed by atoms with Crippen molar-refractivity contribution in [2.24, 2.45) is 0 Å². The smallest absolute Gasteiger partial charge is 0.0393 e. The van der Waals surface area contributed by atoms with Crippen LogP contribution in [0.15, 0.2) is 48.5 Å². The van der Waals surface area contributed by atoms with Crippen LogP contribution >= 0.6 is 0 Å². The molecule has 78 valence electrons. The molecule has 2 aromatic rings. The van der Waals surface area contributed by atoms with E-state index in [0.29, 0.717) is 0 Å². The lowest BCUT2D eigenvalue weighted by molar-refractivity contribution is 1.60. The first kappa shape index (κ1) is 11.1. The van der Waals surface area contributed by atoms with Crippen molar-refractivity contribution in [3.63, 3.8) is 0 Å². The van der Waals surface area contributed by atoms with E-state index in [2.05, 4.69) is 0 Å². The molecular weight excluding hydrogens is 184 g/mol. The Morgan fingerprint density at radius 1 is 0.800 bits per heavy atom. The van der Waals surface area contributed by atoms with Gasteiger partial charge in [0.2, 0.25) is 0 Å². The molecule has 0 aromatic heterocycles. The fourth-order valence-electron chi connectivity index (χ4n) is 1.47. The third-order valence-corrected chi connectivity index (χ3v) is 2.16. The van der Waals surface area contributed by atoms with E-state index in [4.69, 9.17) is 11.5 Å². The number of nitrogen functional groups attached to an aromatic ring is 2. The first-order chi connectivity index (χ1) is 6.77. The molecule has 0 bridgehead atoms. The highest BCUT2D eigenvalue weighted by molar-refractivity contribution is 5.77. The van der Waals surface area contributed by atoms with Gasteiger partial charge < -0.3 is 11.5 Å². The summed E-state index contributed by atoms with van der Waals surface area (Å²) in [6, 6.07) is 15.5. The van der Waals surface area contributed by atoms with Crippen molar-refractivity contribution in [1.82, 2.24) is 0 Å². The molecule has 2 heteroatoms. The molecule has 0 fully saturated rings. The maximum Gasteiger partial charge on any atom is 0.0393 e. The van der Waals surface area contributed by atoms with E-state index in [-0.39, 0.29) is 7.43 Å². The SMILES string of the molecule is C.Nc1cccc(-c2ccccc2N)c1. The van der Waals surface area contributed by atoms with Gasteiger partial charge in [-0.25, -0.2) is 0 Å². The van der Waals surface area contributed by atoms with E-state index in [1.165, 1.54) is 0 Å². The summed E-state index contributed by atoms with van der Waals surface area (Å²) in [6.45, 7) is 0. The predicted molar refractivity (Wildman–Crippen MR) is 67.4 cm³/mol. The van der Waals surface area contributed by atoms with Gasteiger partial charge in [0.1, 0.15) is 0 Å². The molecule has 0 spiro atoms. The van der Waals surface area contributed by atoms with E-state index < -0.39 is 0 Å². The van der Waals surface area contributed by atoms with Gasteiger partial charge in [0.05, 0.1) is 0 Å². The zero-order valence-corrected chi connectivity index (χ0v) is 7.77. The Balaban J connectivity index is 0.00000112. The van der Waals surface area contributed by atoms with Gasteiger partial charge in [-0.15, -0.1) is 0 Å². The second kappa shape index (κ2) is 4.51. The number of nitrogens with two attached hydrogens (primary N) is 2. The van der Waals surface area contributed by atoms with E-state index in [1.54, 1.807) is 0 Å². The molecule has 0 aliphatic rings. The minimum atomic E-state index is 0. The summed E-state index contributed by atoms with van der Waals surface area (Å²) in [4.78, 5) is 0. The average molecular weight is 200 g/mol. The number of rotatable bonds is 1. The van der Waals surface area contributed by atoms with E-state index in [9.17, 15) is 0 Å². The molecule has 0 heterocycles. The minimum Gasteiger partial charge on any atom is -0.399 e.